The third kappa shape index (κ3) is 2.72. The standard InChI is InChI=1S/C11H18N2S/c1-13-5-2-10(3-6-13)8-12-11-4-7-14-9-11/h4,7,9-10,12H,2-3,5-6,8H2,1H3. The van der Waals surface area contributed by atoms with Crippen LogP contribution < -0.4 is 5.32 Å². The van der Waals surface area contributed by atoms with E-state index in [4.69, 9.17) is 0 Å². The quantitative estimate of drug-likeness (QED) is 0.824. The highest BCUT2D eigenvalue weighted by Gasteiger charge is 2.15. The molecule has 0 unspecified atom stereocenters. The Bertz CT molecular complexity index is 250. The van der Waals surface area contributed by atoms with Crippen LogP contribution in [0.15, 0.2) is 16.8 Å². The van der Waals surface area contributed by atoms with Crippen LogP contribution in [0.3, 0.4) is 0 Å². The van der Waals surface area contributed by atoms with Crippen molar-refractivity contribution in [1.82, 2.24) is 4.90 Å². The lowest BCUT2D eigenvalue weighted by atomic mass is 9.97. The Morgan fingerprint density at radius 2 is 2.29 bits per heavy atom. The summed E-state index contributed by atoms with van der Waals surface area (Å²) in [6.07, 6.45) is 2.68. The zero-order valence-corrected chi connectivity index (χ0v) is 9.52. The van der Waals surface area contributed by atoms with E-state index in [9.17, 15) is 0 Å². The van der Waals surface area contributed by atoms with Crippen LogP contribution in [-0.4, -0.2) is 31.6 Å². The molecule has 2 nitrogen and oxygen atoms in total. The van der Waals surface area contributed by atoms with E-state index in [1.807, 2.05) is 0 Å². The molecule has 0 amide bonds. The maximum absolute atomic E-state index is 3.50. The van der Waals surface area contributed by atoms with Crippen LogP contribution in [0, 0.1) is 5.92 Å². The Hall–Kier alpha value is -0.540. The molecule has 0 aromatic carbocycles. The molecule has 0 saturated carbocycles. The number of likely N-dealkylation sites (tertiary alicyclic amines) is 1. The highest BCUT2D eigenvalue weighted by Crippen LogP contribution is 2.18. The lowest BCUT2D eigenvalue weighted by molar-refractivity contribution is 0.226. The number of thiophene rings is 1. The van der Waals surface area contributed by atoms with Gasteiger partial charge < -0.3 is 10.2 Å². The number of nitrogens with zero attached hydrogens (tertiary/aromatic N) is 1. The average Bonchev–Trinajstić information content (AvgIpc) is 2.70. The van der Waals surface area contributed by atoms with Crippen LogP contribution in [0.2, 0.25) is 0 Å². The molecule has 0 bridgehead atoms. The van der Waals surface area contributed by atoms with Gasteiger partial charge in [0.25, 0.3) is 0 Å². The van der Waals surface area contributed by atoms with Gasteiger partial charge in [0, 0.05) is 17.6 Å². The second kappa shape index (κ2) is 4.80. The van der Waals surface area contributed by atoms with Crippen molar-refractivity contribution in [2.24, 2.45) is 5.92 Å². The lowest BCUT2D eigenvalue weighted by Gasteiger charge is -2.29. The Labute approximate surface area is 89.9 Å². The number of rotatable bonds is 3. The SMILES string of the molecule is CN1CCC(CNc2ccsc2)CC1. The van der Waals surface area contributed by atoms with Crippen molar-refractivity contribution in [2.45, 2.75) is 12.8 Å². The van der Waals surface area contributed by atoms with Crippen LogP contribution >= 0.6 is 11.3 Å². The molecule has 0 spiro atoms. The van der Waals surface area contributed by atoms with Crippen molar-refractivity contribution < 1.29 is 0 Å². The Kier molecular flexibility index (Phi) is 3.43. The largest absolute Gasteiger partial charge is 0.384 e. The molecule has 1 fully saturated rings. The van der Waals surface area contributed by atoms with Gasteiger partial charge in [-0.15, -0.1) is 0 Å². The molecule has 1 aromatic rings. The Morgan fingerprint density at radius 1 is 1.50 bits per heavy atom. The van der Waals surface area contributed by atoms with Gasteiger partial charge in [-0.2, -0.15) is 11.3 Å². The van der Waals surface area contributed by atoms with Gasteiger partial charge in [0.15, 0.2) is 0 Å². The molecule has 2 rings (SSSR count). The van der Waals surface area contributed by atoms with Crippen LogP contribution in [0.1, 0.15) is 12.8 Å². The van der Waals surface area contributed by atoms with Gasteiger partial charge in [-0.25, -0.2) is 0 Å². The van der Waals surface area contributed by atoms with E-state index < -0.39 is 0 Å². The lowest BCUT2D eigenvalue weighted by Crippen LogP contribution is -2.32. The number of hydrogen-bond donors (Lipinski definition) is 1. The normalized spacial score (nSPS) is 19.8. The number of anilines is 1. The third-order valence-electron chi connectivity index (χ3n) is 2.95. The molecule has 0 atom stereocenters. The van der Waals surface area contributed by atoms with E-state index in [2.05, 4.69) is 34.1 Å². The van der Waals surface area contributed by atoms with Crippen molar-refractivity contribution in [2.75, 3.05) is 32.0 Å². The van der Waals surface area contributed by atoms with E-state index in [-0.39, 0.29) is 0 Å². The maximum Gasteiger partial charge on any atom is 0.0448 e. The number of hydrogen-bond acceptors (Lipinski definition) is 3. The molecule has 14 heavy (non-hydrogen) atoms. The van der Waals surface area contributed by atoms with Crippen LogP contribution in [0.5, 0.6) is 0 Å². The van der Waals surface area contributed by atoms with Crippen molar-refractivity contribution in [3.8, 4) is 0 Å². The van der Waals surface area contributed by atoms with E-state index in [1.165, 1.54) is 31.6 Å². The summed E-state index contributed by atoms with van der Waals surface area (Å²) in [6.45, 7) is 3.66. The fourth-order valence-corrected chi connectivity index (χ4v) is 2.51. The fourth-order valence-electron chi connectivity index (χ4n) is 1.89. The molecule has 1 aliphatic heterocycles. The summed E-state index contributed by atoms with van der Waals surface area (Å²) >= 11 is 1.76. The molecule has 0 aliphatic carbocycles. The molecule has 2 heterocycles. The summed E-state index contributed by atoms with van der Waals surface area (Å²) in [5.74, 6) is 0.867. The van der Waals surface area contributed by atoms with E-state index >= 15 is 0 Å². The summed E-state index contributed by atoms with van der Waals surface area (Å²) < 4.78 is 0. The van der Waals surface area contributed by atoms with Crippen molar-refractivity contribution >= 4 is 17.0 Å². The highest BCUT2D eigenvalue weighted by atomic mass is 32.1. The predicted octanol–water partition coefficient (Wildman–Crippen LogP) is 2.50. The molecule has 1 saturated heterocycles. The molecule has 0 radical (unpaired) electrons. The fraction of sp³-hybridized carbons (Fsp3) is 0.636. The first-order chi connectivity index (χ1) is 6.84. The van der Waals surface area contributed by atoms with E-state index in [1.54, 1.807) is 11.3 Å². The van der Waals surface area contributed by atoms with Gasteiger partial charge in [0.1, 0.15) is 0 Å². The van der Waals surface area contributed by atoms with Crippen LogP contribution in [0.25, 0.3) is 0 Å². The minimum Gasteiger partial charge on any atom is -0.384 e. The molecule has 1 N–H and O–H groups in total. The zero-order chi connectivity index (χ0) is 9.80. The molecule has 3 heteroatoms. The Balaban J connectivity index is 1.71. The van der Waals surface area contributed by atoms with Crippen molar-refractivity contribution in [3.05, 3.63) is 16.8 Å². The average molecular weight is 210 g/mol. The van der Waals surface area contributed by atoms with Crippen molar-refractivity contribution in [3.63, 3.8) is 0 Å². The van der Waals surface area contributed by atoms with E-state index in [0.717, 1.165) is 12.5 Å². The minimum absolute atomic E-state index is 0.867. The predicted molar refractivity (Wildman–Crippen MR) is 63.0 cm³/mol. The molecule has 1 aliphatic rings. The summed E-state index contributed by atoms with van der Waals surface area (Å²) in [7, 11) is 2.21. The van der Waals surface area contributed by atoms with Crippen LogP contribution in [0.4, 0.5) is 5.69 Å². The van der Waals surface area contributed by atoms with Gasteiger partial charge >= 0.3 is 0 Å². The molecule has 1 aromatic heterocycles. The first-order valence-electron chi connectivity index (χ1n) is 5.29. The summed E-state index contributed by atoms with van der Waals surface area (Å²) in [6, 6.07) is 2.15. The maximum atomic E-state index is 3.50. The zero-order valence-electron chi connectivity index (χ0n) is 8.70. The number of nitrogens with one attached hydrogen (secondary N) is 1. The molecular formula is C11H18N2S. The monoisotopic (exact) mass is 210 g/mol. The topological polar surface area (TPSA) is 15.3 Å². The highest BCUT2D eigenvalue weighted by molar-refractivity contribution is 7.08. The Morgan fingerprint density at radius 3 is 2.93 bits per heavy atom. The smallest absolute Gasteiger partial charge is 0.0448 e. The molecule has 78 valence electrons. The first kappa shape index (κ1) is 9.99. The van der Waals surface area contributed by atoms with E-state index in [0.29, 0.717) is 0 Å². The van der Waals surface area contributed by atoms with Gasteiger partial charge in [-0.1, -0.05) is 0 Å². The second-order valence-electron chi connectivity index (χ2n) is 4.14. The molecular weight excluding hydrogens is 192 g/mol. The van der Waals surface area contributed by atoms with Gasteiger partial charge in [0.05, 0.1) is 0 Å². The summed E-state index contributed by atoms with van der Waals surface area (Å²) in [5.41, 5.74) is 1.29. The third-order valence-corrected chi connectivity index (χ3v) is 3.64. The van der Waals surface area contributed by atoms with Gasteiger partial charge in [-0.3, -0.25) is 0 Å². The van der Waals surface area contributed by atoms with Gasteiger partial charge in [0.2, 0.25) is 0 Å². The summed E-state index contributed by atoms with van der Waals surface area (Å²) in [4.78, 5) is 2.42. The minimum atomic E-state index is 0.867. The first-order valence-corrected chi connectivity index (χ1v) is 6.23. The van der Waals surface area contributed by atoms with Gasteiger partial charge in [-0.05, 0) is 50.3 Å². The summed E-state index contributed by atoms with van der Waals surface area (Å²) in [5, 5.41) is 7.80. The second-order valence-corrected chi connectivity index (χ2v) is 4.92. The number of piperidine rings is 1. The van der Waals surface area contributed by atoms with Crippen molar-refractivity contribution in [1.29, 1.82) is 0 Å². The van der Waals surface area contributed by atoms with Crippen LogP contribution in [-0.2, 0) is 0 Å².